The number of carbonyl (C=O) groups is 1. The molecule has 3 aromatic rings. The highest BCUT2D eigenvalue weighted by atomic mass is 35.5. The zero-order chi connectivity index (χ0) is 23.3. The van der Waals surface area contributed by atoms with Crippen LogP contribution in [0.25, 0.3) is 0 Å². The summed E-state index contributed by atoms with van der Waals surface area (Å²) in [5, 5.41) is 2.93. The summed E-state index contributed by atoms with van der Waals surface area (Å²) in [6.45, 7) is 3.55. The summed E-state index contributed by atoms with van der Waals surface area (Å²) in [5.74, 6) is 5.63. The second kappa shape index (κ2) is 10.0. The fourth-order valence-corrected chi connectivity index (χ4v) is 4.42. The Kier molecular flexibility index (Phi) is 7.37. The maximum atomic E-state index is 12.9. The molecule has 0 fully saturated rings. The van der Waals surface area contributed by atoms with Gasteiger partial charge >= 0.3 is 0 Å². The summed E-state index contributed by atoms with van der Waals surface area (Å²) < 4.78 is 26.8. The predicted molar refractivity (Wildman–Crippen MR) is 128 cm³/mol. The number of hydrogen-bond donors (Lipinski definition) is 1. The van der Waals surface area contributed by atoms with Gasteiger partial charge in [-0.2, -0.15) is 4.31 Å². The summed E-state index contributed by atoms with van der Waals surface area (Å²) in [5.41, 5.74) is 2.22. The molecule has 3 rings (SSSR count). The maximum Gasteiger partial charge on any atom is 0.257 e. The zero-order valence-electron chi connectivity index (χ0n) is 18.0. The molecule has 0 saturated heterocycles. The van der Waals surface area contributed by atoms with E-state index in [1.54, 1.807) is 32.0 Å². The van der Waals surface area contributed by atoms with Crippen molar-refractivity contribution in [3.63, 3.8) is 0 Å². The number of sulfonamides is 1. The van der Waals surface area contributed by atoms with Gasteiger partial charge in [0.05, 0.1) is 15.5 Å². The standard InChI is InChI=1S/C25H23ClN2O3S/c1-18(2)28(3)32(30,31)22-14-15-24(26)23(17-22)25(29)27-21-11-7-10-20(16-21)13-12-19-8-5-4-6-9-19/h4-11,14-18H,1-3H3,(H,27,29). The topological polar surface area (TPSA) is 66.5 Å². The van der Waals surface area contributed by atoms with Crippen LogP contribution in [0.2, 0.25) is 5.02 Å². The molecule has 0 aliphatic rings. The van der Waals surface area contributed by atoms with Gasteiger partial charge in [-0.25, -0.2) is 8.42 Å². The van der Waals surface area contributed by atoms with Gasteiger partial charge in [0.2, 0.25) is 10.0 Å². The summed E-state index contributed by atoms with van der Waals surface area (Å²) in [6, 6.07) is 20.6. The third-order valence-electron chi connectivity index (χ3n) is 4.83. The number of nitrogens with one attached hydrogen (secondary N) is 1. The molecule has 0 aliphatic heterocycles. The number of nitrogens with zero attached hydrogens (tertiary/aromatic N) is 1. The summed E-state index contributed by atoms with van der Waals surface area (Å²) >= 11 is 6.21. The van der Waals surface area contributed by atoms with Crippen molar-refractivity contribution in [1.29, 1.82) is 0 Å². The van der Waals surface area contributed by atoms with Crippen LogP contribution in [0.4, 0.5) is 5.69 Å². The zero-order valence-corrected chi connectivity index (χ0v) is 19.5. The monoisotopic (exact) mass is 466 g/mol. The Balaban J connectivity index is 1.84. The van der Waals surface area contributed by atoms with Crippen LogP contribution in [-0.2, 0) is 10.0 Å². The van der Waals surface area contributed by atoms with E-state index in [1.165, 1.54) is 29.6 Å². The first kappa shape index (κ1) is 23.6. The minimum absolute atomic E-state index is 0.00530. The van der Waals surface area contributed by atoms with Gasteiger partial charge in [0.1, 0.15) is 0 Å². The van der Waals surface area contributed by atoms with Crippen LogP contribution in [-0.4, -0.2) is 31.7 Å². The smallest absolute Gasteiger partial charge is 0.257 e. The summed E-state index contributed by atoms with van der Waals surface area (Å²) in [7, 11) is -2.25. The largest absolute Gasteiger partial charge is 0.322 e. The number of carbonyl (C=O) groups excluding carboxylic acids is 1. The van der Waals surface area contributed by atoms with Crippen LogP contribution in [0.15, 0.2) is 77.7 Å². The van der Waals surface area contributed by atoms with E-state index in [4.69, 9.17) is 11.6 Å². The molecule has 0 spiro atoms. The minimum atomic E-state index is -3.75. The van der Waals surface area contributed by atoms with Crippen molar-refractivity contribution in [3.8, 4) is 11.8 Å². The van der Waals surface area contributed by atoms with Gasteiger partial charge in [-0.1, -0.05) is 47.7 Å². The van der Waals surface area contributed by atoms with Crippen molar-refractivity contribution >= 4 is 33.2 Å². The Morgan fingerprint density at radius 1 is 0.938 bits per heavy atom. The molecule has 0 saturated carbocycles. The van der Waals surface area contributed by atoms with E-state index >= 15 is 0 Å². The van der Waals surface area contributed by atoms with Crippen molar-refractivity contribution in [2.75, 3.05) is 12.4 Å². The lowest BCUT2D eigenvalue weighted by Gasteiger charge is -2.21. The van der Waals surface area contributed by atoms with Crippen LogP contribution in [0, 0.1) is 11.8 Å². The fourth-order valence-electron chi connectivity index (χ4n) is 2.82. The molecule has 3 aromatic carbocycles. The van der Waals surface area contributed by atoms with Gasteiger partial charge in [0.25, 0.3) is 5.91 Å². The second-order valence-electron chi connectivity index (χ2n) is 7.41. The first-order valence-electron chi connectivity index (χ1n) is 9.94. The van der Waals surface area contributed by atoms with Gasteiger partial charge in [0, 0.05) is 29.9 Å². The van der Waals surface area contributed by atoms with Crippen molar-refractivity contribution in [1.82, 2.24) is 4.31 Å². The molecule has 0 radical (unpaired) electrons. The molecule has 32 heavy (non-hydrogen) atoms. The normalized spacial score (nSPS) is 11.2. The first-order chi connectivity index (χ1) is 15.2. The van der Waals surface area contributed by atoms with Crippen LogP contribution in [0.5, 0.6) is 0 Å². The molecule has 164 valence electrons. The Bertz CT molecular complexity index is 1290. The van der Waals surface area contributed by atoms with Crippen LogP contribution >= 0.6 is 11.6 Å². The summed E-state index contributed by atoms with van der Waals surface area (Å²) in [4.78, 5) is 12.9. The quantitative estimate of drug-likeness (QED) is 0.537. The molecule has 1 N–H and O–H groups in total. The van der Waals surface area contributed by atoms with Gasteiger partial charge in [0.15, 0.2) is 0 Å². The number of amides is 1. The van der Waals surface area contributed by atoms with E-state index in [0.717, 1.165) is 11.1 Å². The summed E-state index contributed by atoms with van der Waals surface area (Å²) in [6.07, 6.45) is 0. The van der Waals surface area contributed by atoms with E-state index in [0.29, 0.717) is 5.69 Å². The van der Waals surface area contributed by atoms with E-state index in [-0.39, 0.29) is 21.5 Å². The molecule has 0 aliphatic carbocycles. The number of halogens is 1. The molecule has 0 aromatic heterocycles. The Morgan fingerprint density at radius 2 is 1.59 bits per heavy atom. The minimum Gasteiger partial charge on any atom is -0.322 e. The molecule has 0 heterocycles. The fraction of sp³-hybridized carbons (Fsp3) is 0.160. The van der Waals surface area contributed by atoms with Crippen LogP contribution in [0.3, 0.4) is 0 Å². The lowest BCUT2D eigenvalue weighted by Crippen LogP contribution is -2.33. The van der Waals surface area contributed by atoms with Gasteiger partial charge in [-0.05, 0) is 62.4 Å². The third-order valence-corrected chi connectivity index (χ3v) is 7.19. The highest BCUT2D eigenvalue weighted by Gasteiger charge is 2.25. The molecule has 0 unspecified atom stereocenters. The number of rotatable bonds is 5. The molecule has 5 nitrogen and oxygen atoms in total. The molecular weight excluding hydrogens is 444 g/mol. The first-order valence-corrected chi connectivity index (χ1v) is 11.8. The van der Waals surface area contributed by atoms with Gasteiger partial charge in [-0.3, -0.25) is 4.79 Å². The van der Waals surface area contributed by atoms with E-state index in [2.05, 4.69) is 17.2 Å². The van der Waals surface area contributed by atoms with E-state index in [9.17, 15) is 13.2 Å². The van der Waals surface area contributed by atoms with Crippen LogP contribution < -0.4 is 5.32 Å². The van der Waals surface area contributed by atoms with Gasteiger partial charge < -0.3 is 5.32 Å². The third kappa shape index (κ3) is 5.57. The average molecular weight is 467 g/mol. The lowest BCUT2D eigenvalue weighted by atomic mass is 10.1. The maximum absolute atomic E-state index is 12.9. The Hall–Kier alpha value is -3.11. The van der Waals surface area contributed by atoms with E-state index < -0.39 is 15.9 Å². The average Bonchev–Trinajstić information content (AvgIpc) is 2.78. The van der Waals surface area contributed by atoms with Gasteiger partial charge in [-0.15, -0.1) is 0 Å². The number of benzene rings is 3. The molecular formula is C25H23ClN2O3S. The molecule has 1 amide bonds. The number of anilines is 1. The SMILES string of the molecule is CC(C)N(C)S(=O)(=O)c1ccc(Cl)c(C(=O)Nc2cccc(C#Cc3ccccc3)c2)c1. The van der Waals surface area contributed by atoms with Crippen LogP contribution in [0.1, 0.15) is 35.3 Å². The Morgan fingerprint density at radius 3 is 2.28 bits per heavy atom. The number of hydrogen-bond acceptors (Lipinski definition) is 3. The molecule has 7 heteroatoms. The van der Waals surface area contributed by atoms with Crippen molar-refractivity contribution in [2.24, 2.45) is 0 Å². The lowest BCUT2D eigenvalue weighted by molar-refractivity contribution is 0.102. The molecule has 0 bridgehead atoms. The van der Waals surface area contributed by atoms with Crippen molar-refractivity contribution in [2.45, 2.75) is 24.8 Å². The predicted octanol–water partition coefficient (Wildman–Crippen LogP) is 5.02. The molecule has 0 atom stereocenters. The van der Waals surface area contributed by atoms with E-state index in [1.807, 2.05) is 36.4 Å². The van der Waals surface area contributed by atoms with Crippen molar-refractivity contribution in [3.05, 3.63) is 94.5 Å². The highest BCUT2D eigenvalue weighted by molar-refractivity contribution is 7.89. The second-order valence-corrected chi connectivity index (χ2v) is 9.81. The Labute approximate surface area is 194 Å². The van der Waals surface area contributed by atoms with Crippen molar-refractivity contribution < 1.29 is 13.2 Å². The highest BCUT2D eigenvalue weighted by Crippen LogP contribution is 2.24.